The highest BCUT2D eigenvalue weighted by Gasteiger charge is 2.22. The number of hydrogen-bond acceptors (Lipinski definition) is 2. The van der Waals surface area contributed by atoms with E-state index in [0.29, 0.717) is 12.7 Å². The molecular formula is C13H20N2O. The van der Waals surface area contributed by atoms with Crippen LogP contribution in [-0.2, 0) is 18.3 Å². The van der Waals surface area contributed by atoms with Gasteiger partial charge in [0.05, 0.1) is 12.7 Å². The normalized spacial score (nSPS) is 21.4. The number of rotatable bonds is 5. The summed E-state index contributed by atoms with van der Waals surface area (Å²) in [6, 6.07) is 4.27. The van der Waals surface area contributed by atoms with E-state index in [1.165, 1.54) is 5.69 Å². The van der Waals surface area contributed by atoms with Gasteiger partial charge in [0.25, 0.3) is 0 Å². The van der Waals surface area contributed by atoms with Gasteiger partial charge in [-0.1, -0.05) is 6.08 Å². The van der Waals surface area contributed by atoms with E-state index in [-0.39, 0.29) is 0 Å². The molecule has 0 amide bonds. The maximum atomic E-state index is 5.67. The summed E-state index contributed by atoms with van der Waals surface area (Å²) in [4.78, 5) is 2.45. The molecule has 0 radical (unpaired) electrons. The van der Waals surface area contributed by atoms with Gasteiger partial charge in [-0.25, -0.2) is 0 Å². The zero-order valence-corrected chi connectivity index (χ0v) is 9.93. The molecule has 0 bridgehead atoms. The van der Waals surface area contributed by atoms with Crippen LogP contribution in [0.4, 0.5) is 0 Å². The summed E-state index contributed by atoms with van der Waals surface area (Å²) in [7, 11) is 2.09. The summed E-state index contributed by atoms with van der Waals surface area (Å²) in [5.74, 6) is 0. The van der Waals surface area contributed by atoms with Gasteiger partial charge in [0.2, 0.25) is 0 Å². The van der Waals surface area contributed by atoms with Crippen LogP contribution < -0.4 is 0 Å². The Balaban J connectivity index is 1.81. The van der Waals surface area contributed by atoms with E-state index >= 15 is 0 Å². The Morgan fingerprint density at radius 2 is 2.50 bits per heavy atom. The highest BCUT2D eigenvalue weighted by molar-refractivity contribution is 5.06. The largest absolute Gasteiger partial charge is 0.373 e. The minimum Gasteiger partial charge on any atom is -0.373 e. The highest BCUT2D eigenvalue weighted by atomic mass is 16.5. The van der Waals surface area contributed by atoms with Crippen LogP contribution in [0.15, 0.2) is 31.0 Å². The van der Waals surface area contributed by atoms with Crippen molar-refractivity contribution < 1.29 is 4.74 Å². The second kappa shape index (κ2) is 5.32. The van der Waals surface area contributed by atoms with Gasteiger partial charge in [-0.2, -0.15) is 0 Å². The van der Waals surface area contributed by atoms with Gasteiger partial charge in [-0.3, -0.25) is 4.90 Å². The van der Waals surface area contributed by atoms with Gasteiger partial charge in [0.15, 0.2) is 0 Å². The van der Waals surface area contributed by atoms with Crippen LogP contribution in [0.3, 0.4) is 0 Å². The van der Waals surface area contributed by atoms with Gasteiger partial charge in [-0.05, 0) is 18.6 Å². The number of aromatic nitrogens is 1. The molecule has 0 N–H and O–H groups in total. The molecule has 1 aromatic rings. The lowest BCUT2D eigenvalue weighted by Gasteiger charge is -2.16. The van der Waals surface area contributed by atoms with Crippen LogP contribution in [0.1, 0.15) is 12.1 Å². The first-order valence-electron chi connectivity index (χ1n) is 5.84. The molecular weight excluding hydrogens is 200 g/mol. The highest BCUT2D eigenvalue weighted by Crippen LogP contribution is 2.15. The summed E-state index contributed by atoms with van der Waals surface area (Å²) in [6.45, 7) is 7.54. The molecule has 0 saturated carbocycles. The van der Waals surface area contributed by atoms with Gasteiger partial charge in [0, 0.05) is 38.6 Å². The zero-order chi connectivity index (χ0) is 11.4. The van der Waals surface area contributed by atoms with Crippen LogP contribution >= 0.6 is 0 Å². The van der Waals surface area contributed by atoms with Crippen LogP contribution in [0, 0.1) is 0 Å². The summed E-state index contributed by atoms with van der Waals surface area (Å²) in [5.41, 5.74) is 1.37. The molecule has 3 nitrogen and oxygen atoms in total. The van der Waals surface area contributed by atoms with Crippen molar-refractivity contribution in [2.75, 3.05) is 19.7 Å². The van der Waals surface area contributed by atoms with Gasteiger partial charge >= 0.3 is 0 Å². The molecule has 1 aliphatic rings. The third-order valence-electron chi connectivity index (χ3n) is 3.12. The predicted octanol–water partition coefficient (Wildman–Crippen LogP) is 1.80. The topological polar surface area (TPSA) is 17.4 Å². The molecule has 3 heteroatoms. The smallest absolute Gasteiger partial charge is 0.0718 e. The van der Waals surface area contributed by atoms with Crippen molar-refractivity contribution in [3.63, 3.8) is 0 Å². The average Bonchev–Trinajstić information content (AvgIpc) is 2.87. The fourth-order valence-corrected chi connectivity index (χ4v) is 2.17. The van der Waals surface area contributed by atoms with E-state index < -0.39 is 0 Å². The molecule has 0 aliphatic carbocycles. The molecule has 1 aromatic heterocycles. The first-order valence-corrected chi connectivity index (χ1v) is 5.84. The number of nitrogens with zero attached hydrogens (tertiary/aromatic N) is 2. The quantitative estimate of drug-likeness (QED) is 0.704. The van der Waals surface area contributed by atoms with Crippen LogP contribution in [-0.4, -0.2) is 35.3 Å². The third-order valence-corrected chi connectivity index (χ3v) is 3.12. The van der Waals surface area contributed by atoms with E-state index in [1.54, 1.807) is 0 Å². The lowest BCUT2D eigenvalue weighted by atomic mass is 10.3. The van der Waals surface area contributed by atoms with Crippen LogP contribution in [0.25, 0.3) is 0 Å². The summed E-state index contributed by atoms with van der Waals surface area (Å²) in [5, 5.41) is 0. The Bertz CT molecular complexity index is 345. The van der Waals surface area contributed by atoms with E-state index in [9.17, 15) is 0 Å². The van der Waals surface area contributed by atoms with E-state index in [0.717, 1.165) is 26.1 Å². The maximum absolute atomic E-state index is 5.67. The minimum absolute atomic E-state index is 0.387. The number of hydrogen-bond donors (Lipinski definition) is 0. The van der Waals surface area contributed by atoms with Crippen molar-refractivity contribution in [2.24, 2.45) is 7.05 Å². The Kier molecular flexibility index (Phi) is 3.80. The minimum atomic E-state index is 0.387. The second-order valence-corrected chi connectivity index (χ2v) is 4.38. The second-order valence-electron chi connectivity index (χ2n) is 4.38. The molecule has 2 heterocycles. The lowest BCUT2D eigenvalue weighted by molar-refractivity contribution is 0.0794. The molecule has 0 aromatic carbocycles. The fraction of sp³-hybridized carbons (Fsp3) is 0.538. The van der Waals surface area contributed by atoms with E-state index in [2.05, 4.69) is 41.4 Å². The van der Waals surface area contributed by atoms with Crippen molar-refractivity contribution in [1.29, 1.82) is 0 Å². The Morgan fingerprint density at radius 3 is 3.19 bits per heavy atom. The van der Waals surface area contributed by atoms with Gasteiger partial charge < -0.3 is 9.30 Å². The molecule has 1 saturated heterocycles. The summed E-state index contributed by atoms with van der Waals surface area (Å²) in [6.07, 6.45) is 5.44. The molecule has 88 valence electrons. The Hall–Kier alpha value is -1.06. The Labute approximate surface area is 97.3 Å². The third kappa shape index (κ3) is 2.74. The SMILES string of the molecule is C=CCO[C@@H]1CCN(Cc2cccn2C)C1. The van der Waals surface area contributed by atoms with Gasteiger partial charge in [0.1, 0.15) is 0 Å². The van der Waals surface area contributed by atoms with Crippen molar-refractivity contribution in [1.82, 2.24) is 9.47 Å². The monoisotopic (exact) mass is 220 g/mol. The fourth-order valence-electron chi connectivity index (χ4n) is 2.17. The zero-order valence-electron chi connectivity index (χ0n) is 9.93. The number of ether oxygens (including phenoxy) is 1. The molecule has 2 rings (SSSR count). The first kappa shape index (κ1) is 11.4. The lowest BCUT2D eigenvalue weighted by Crippen LogP contribution is -2.24. The molecule has 1 aliphatic heterocycles. The molecule has 0 spiro atoms. The molecule has 16 heavy (non-hydrogen) atoms. The predicted molar refractivity (Wildman–Crippen MR) is 65.2 cm³/mol. The first-order chi connectivity index (χ1) is 7.79. The average molecular weight is 220 g/mol. The van der Waals surface area contributed by atoms with Crippen molar-refractivity contribution >= 4 is 0 Å². The number of aryl methyl sites for hydroxylation is 1. The van der Waals surface area contributed by atoms with Crippen molar-refractivity contribution in [3.8, 4) is 0 Å². The summed E-state index contributed by atoms with van der Waals surface area (Å²) < 4.78 is 7.84. The molecule has 0 unspecified atom stereocenters. The molecule has 1 fully saturated rings. The van der Waals surface area contributed by atoms with Crippen molar-refractivity contribution in [2.45, 2.75) is 19.1 Å². The Morgan fingerprint density at radius 1 is 1.62 bits per heavy atom. The molecule has 1 atom stereocenters. The maximum Gasteiger partial charge on any atom is 0.0718 e. The van der Waals surface area contributed by atoms with Crippen LogP contribution in [0.5, 0.6) is 0 Å². The van der Waals surface area contributed by atoms with Crippen molar-refractivity contribution in [3.05, 3.63) is 36.7 Å². The summed E-state index contributed by atoms with van der Waals surface area (Å²) >= 11 is 0. The van der Waals surface area contributed by atoms with Gasteiger partial charge in [-0.15, -0.1) is 6.58 Å². The number of likely N-dealkylation sites (tertiary alicyclic amines) is 1. The van der Waals surface area contributed by atoms with E-state index in [1.807, 2.05) is 6.08 Å². The van der Waals surface area contributed by atoms with E-state index in [4.69, 9.17) is 4.74 Å². The van der Waals surface area contributed by atoms with Crippen LogP contribution in [0.2, 0.25) is 0 Å². The standard InChI is InChI=1S/C13H20N2O/c1-3-9-16-13-6-8-15(11-13)10-12-5-4-7-14(12)2/h3-5,7,13H,1,6,8-11H2,2H3/t13-/m1/s1.